The van der Waals surface area contributed by atoms with Crippen molar-refractivity contribution in [2.24, 2.45) is 0 Å². The maximum absolute atomic E-state index is 13.1. The summed E-state index contributed by atoms with van der Waals surface area (Å²) in [6.45, 7) is 0. The molecule has 0 saturated heterocycles. The molecule has 0 fully saturated rings. The van der Waals surface area contributed by atoms with Gasteiger partial charge in [0.05, 0.1) is 4.75 Å². The fraction of sp³-hybridized carbons (Fsp3) is 0.0938. The number of thioether (sulfide) groups is 1. The minimum atomic E-state index is -0.433. The van der Waals surface area contributed by atoms with E-state index >= 15 is 0 Å². The van der Waals surface area contributed by atoms with Gasteiger partial charge in [-0.05, 0) is 28.8 Å². The summed E-state index contributed by atoms with van der Waals surface area (Å²) in [5.41, 5.74) is 11.2. The summed E-state index contributed by atoms with van der Waals surface area (Å²) in [6.07, 6.45) is 0.387. The van der Waals surface area contributed by atoms with Crippen LogP contribution in [0.4, 0.5) is 11.4 Å². The number of amides is 1. The highest BCUT2D eigenvalue weighted by Crippen LogP contribution is 2.48. The lowest BCUT2D eigenvalue weighted by molar-refractivity contribution is -0.115. The number of carbonyl (C=O) groups excluding carboxylic acids is 1. The molecule has 0 aromatic heterocycles. The number of nitrogens with one attached hydrogen (secondary N) is 1. The SMILES string of the molecule is Nc1cccc2c(NC(=O)CCSC(c3ccccc3)(c3ccccc3)c3ccccc3)cccc12. The first kappa shape index (κ1) is 23.7. The molecule has 0 aliphatic heterocycles. The van der Waals surface area contributed by atoms with Gasteiger partial charge in [0.25, 0.3) is 0 Å². The van der Waals surface area contributed by atoms with E-state index < -0.39 is 4.75 Å². The number of hydrogen-bond donors (Lipinski definition) is 2. The van der Waals surface area contributed by atoms with Crippen LogP contribution in [0.5, 0.6) is 0 Å². The highest BCUT2D eigenvalue weighted by atomic mass is 32.2. The zero-order chi connectivity index (χ0) is 24.8. The third kappa shape index (κ3) is 4.73. The Bertz CT molecular complexity index is 1360. The molecule has 0 aliphatic rings. The molecule has 4 heteroatoms. The smallest absolute Gasteiger partial charge is 0.225 e. The number of fused-ring (bicyclic) bond motifs is 1. The lowest BCUT2D eigenvalue weighted by atomic mass is 9.84. The van der Waals surface area contributed by atoms with E-state index in [1.54, 1.807) is 11.8 Å². The van der Waals surface area contributed by atoms with E-state index in [0.717, 1.165) is 16.5 Å². The van der Waals surface area contributed by atoms with E-state index in [4.69, 9.17) is 5.73 Å². The topological polar surface area (TPSA) is 55.1 Å². The molecular formula is C32H28N2OS. The maximum Gasteiger partial charge on any atom is 0.225 e. The quantitative estimate of drug-likeness (QED) is 0.176. The van der Waals surface area contributed by atoms with Gasteiger partial charge in [0.2, 0.25) is 5.91 Å². The Labute approximate surface area is 216 Å². The van der Waals surface area contributed by atoms with Crippen molar-refractivity contribution < 1.29 is 4.79 Å². The van der Waals surface area contributed by atoms with Gasteiger partial charge in [0.15, 0.2) is 0 Å². The van der Waals surface area contributed by atoms with Crippen LogP contribution in [0.1, 0.15) is 23.1 Å². The van der Waals surface area contributed by atoms with Crippen molar-refractivity contribution in [1.82, 2.24) is 0 Å². The van der Waals surface area contributed by atoms with Gasteiger partial charge in [-0.25, -0.2) is 0 Å². The Morgan fingerprint density at radius 3 is 1.69 bits per heavy atom. The van der Waals surface area contributed by atoms with Gasteiger partial charge in [-0.3, -0.25) is 4.79 Å². The van der Waals surface area contributed by atoms with Gasteiger partial charge in [-0.2, -0.15) is 0 Å². The fourth-order valence-electron chi connectivity index (χ4n) is 4.72. The second-order valence-corrected chi connectivity index (χ2v) is 9.98. The molecular weight excluding hydrogens is 460 g/mol. The molecule has 36 heavy (non-hydrogen) atoms. The van der Waals surface area contributed by atoms with Crippen molar-refractivity contribution in [2.45, 2.75) is 11.2 Å². The minimum absolute atomic E-state index is 0.0134. The normalized spacial score (nSPS) is 11.3. The Morgan fingerprint density at radius 1 is 0.639 bits per heavy atom. The van der Waals surface area contributed by atoms with Crippen molar-refractivity contribution >= 4 is 39.8 Å². The predicted octanol–water partition coefficient (Wildman–Crippen LogP) is 7.48. The molecule has 178 valence electrons. The third-order valence-corrected chi connectivity index (χ3v) is 7.97. The van der Waals surface area contributed by atoms with Gasteiger partial charge < -0.3 is 11.1 Å². The molecule has 1 amide bonds. The number of carbonyl (C=O) groups is 1. The van der Waals surface area contributed by atoms with Crippen molar-refractivity contribution in [3.05, 3.63) is 144 Å². The monoisotopic (exact) mass is 488 g/mol. The van der Waals surface area contributed by atoms with Crippen LogP contribution in [0.15, 0.2) is 127 Å². The van der Waals surface area contributed by atoms with Crippen LogP contribution in [0.25, 0.3) is 10.8 Å². The second-order valence-electron chi connectivity index (χ2n) is 8.67. The van der Waals surface area contributed by atoms with Gasteiger partial charge in [0, 0.05) is 34.3 Å². The van der Waals surface area contributed by atoms with Crippen molar-refractivity contribution in [2.75, 3.05) is 16.8 Å². The van der Waals surface area contributed by atoms with E-state index in [1.165, 1.54) is 16.7 Å². The number of benzene rings is 5. The number of anilines is 2. The Hall–Kier alpha value is -4.02. The highest BCUT2D eigenvalue weighted by molar-refractivity contribution is 8.00. The van der Waals surface area contributed by atoms with Gasteiger partial charge in [-0.1, -0.05) is 115 Å². The summed E-state index contributed by atoms with van der Waals surface area (Å²) in [5.74, 6) is 0.637. The Kier molecular flexibility index (Phi) is 7.06. The molecule has 0 heterocycles. The standard InChI is InChI=1S/C32H28N2OS/c33-29-20-10-19-28-27(29)18-11-21-30(28)34-31(35)22-23-36-32(24-12-4-1-5-13-24,25-14-6-2-7-15-25)26-16-8-3-9-17-26/h1-21H,22-23,33H2,(H,34,35). The van der Waals surface area contributed by atoms with Gasteiger partial charge >= 0.3 is 0 Å². The summed E-state index contributed by atoms with van der Waals surface area (Å²) >= 11 is 1.79. The lowest BCUT2D eigenvalue weighted by Crippen LogP contribution is -2.26. The fourth-order valence-corrected chi connectivity index (χ4v) is 6.22. The molecule has 5 aromatic carbocycles. The van der Waals surface area contributed by atoms with E-state index in [2.05, 4.69) is 78.1 Å². The number of rotatable bonds is 8. The Morgan fingerprint density at radius 2 is 1.14 bits per heavy atom. The molecule has 5 rings (SSSR count). The van der Waals surface area contributed by atoms with E-state index in [-0.39, 0.29) is 5.91 Å². The van der Waals surface area contributed by atoms with E-state index in [9.17, 15) is 4.79 Å². The molecule has 0 atom stereocenters. The zero-order valence-electron chi connectivity index (χ0n) is 19.9. The van der Waals surface area contributed by atoms with Crippen LogP contribution >= 0.6 is 11.8 Å². The molecule has 0 aliphatic carbocycles. The van der Waals surface area contributed by atoms with Gasteiger partial charge in [0.1, 0.15) is 0 Å². The molecule has 0 saturated carbocycles. The average Bonchev–Trinajstić information content (AvgIpc) is 2.93. The number of nitrogens with two attached hydrogens (primary N) is 1. The summed E-state index contributed by atoms with van der Waals surface area (Å²) in [5, 5.41) is 5.00. The van der Waals surface area contributed by atoms with Crippen LogP contribution in [-0.4, -0.2) is 11.7 Å². The summed E-state index contributed by atoms with van der Waals surface area (Å²) in [6, 6.07) is 43.2. The molecule has 0 spiro atoms. The molecule has 0 bridgehead atoms. The minimum Gasteiger partial charge on any atom is -0.398 e. The molecule has 3 N–H and O–H groups in total. The van der Waals surface area contributed by atoms with Crippen molar-refractivity contribution in [3.8, 4) is 0 Å². The maximum atomic E-state index is 13.1. The predicted molar refractivity (Wildman–Crippen MR) is 153 cm³/mol. The van der Waals surface area contributed by atoms with Crippen LogP contribution in [0.2, 0.25) is 0 Å². The largest absolute Gasteiger partial charge is 0.398 e. The summed E-state index contributed by atoms with van der Waals surface area (Å²) < 4.78 is -0.433. The van der Waals surface area contributed by atoms with Crippen molar-refractivity contribution in [3.63, 3.8) is 0 Å². The van der Waals surface area contributed by atoms with E-state index in [1.807, 2.05) is 54.6 Å². The second kappa shape index (κ2) is 10.7. The first-order valence-corrected chi connectivity index (χ1v) is 13.0. The molecule has 3 nitrogen and oxygen atoms in total. The number of nitrogen functional groups attached to an aromatic ring is 1. The summed E-state index contributed by atoms with van der Waals surface area (Å²) in [4.78, 5) is 13.1. The highest BCUT2D eigenvalue weighted by Gasteiger charge is 2.36. The third-order valence-electron chi connectivity index (χ3n) is 6.42. The molecule has 0 unspecified atom stereocenters. The first-order valence-electron chi connectivity index (χ1n) is 12.1. The zero-order valence-corrected chi connectivity index (χ0v) is 20.7. The summed E-state index contributed by atoms with van der Waals surface area (Å²) in [7, 11) is 0. The Balaban J connectivity index is 1.43. The molecule has 0 radical (unpaired) electrons. The lowest BCUT2D eigenvalue weighted by Gasteiger charge is -2.35. The van der Waals surface area contributed by atoms with Crippen LogP contribution < -0.4 is 11.1 Å². The van der Waals surface area contributed by atoms with Crippen LogP contribution in [-0.2, 0) is 9.54 Å². The van der Waals surface area contributed by atoms with Crippen LogP contribution in [0.3, 0.4) is 0 Å². The number of hydrogen-bond acceptors (Lipinski definition) is 3. The average molecular weight is 489 g/mol. The van der Waals surface area contributed by atoms with Gasteiger partial charge in [-0.15, -0.1) is 11.8 Å². The van der Waals surface area contributed by atoms with E-state index in [0.29, 0.717) is 17.9 Å². The first-order chi connectivity index (χ1) is 17.7. The van der Waals surface area contributed by atoms with Crippen LogP contribution in [0, 0.1) is 0 Å². The van der Waals surface area contributed by atoms with Crippen molar-refractivity contribution in [1.29, 1.82) is 0 Å². The molecule has 5 aromatic rings.